The van der Waals surface area contributed by atoms with Gasteiger partial charge >= 0.3 is 0 Å². The number of benzene rings is 1. The molecule has 98 valence electrons. The average molecular weight is 249 g/mol. The first-order valence-electron chi connectivity index (χ1n) is 6.30. The van der Waals surface area contributed by atoms with Crippen molar-refractivity contribution in [1.82, 2.24) is 4.90 Å². The Hall–Kier alpha value is -1.55. The molecule has 0 radical (unpaired) electrons. The predicted molar refractivity (Wildman–Crippen MR) is 68.2 cm³/mol. The van der Waals surface area contributed by atoms with E-state index in [0.717, 1.165) is 31.5 Å². The fourth-order valence-electron chi connectivity index (χ4n) is 2.14. The maximum absolute atomic E-state index is 11.2. The van der Waals surface area contributed by atoms with Crippen LogP contribution in [0.25, 0.3) is 0 Å². The molecule has 1 amide bonds. The van der Waals surface area contributed by atoms with E-state index in [2.05, 4.69) is 0 Å². The number of rotatable bonds is 3. The largest absolute Gasteiger partial charge is 0.508 e. The van der Waals surface area contributed by atoms with Gasteiger partial charge in [0.1, 0.15) is 5.75 Å². The Morgan fingerprint density at radius 2 is 1.94 bits per heavy atom. The van der Waals surface area contributed by atoms with Crippen LogP contribution in [0.15, 0.2) is 24.3 Å². The summed E-state index contributed by atoms with van der Waals surface area (Å²) in [5.74, 6) is 0.417. The molecule has 0 atom stereocenters. The molecule has 1 saturated heterocycles. The van der Waals surface area contributed by atoms with E-state index < -0.39 is 0 Å². The van der Waals surface area contributed by atoms with Gasteiger partial charge < -0.3 is 14.7 Å². The predicted octanol–water partition coefficient (Wildman–Crippen LogP) is 1.92. The molecule has 1 heterocycles. The van der Waals surface area contributed by atoms with Crippen LogP contribution in [-0.4, -0.2) is 35.1 Å². The first kappa shape index (κ1) is 12.9. The second-order valence-electron chi connectivity index (χ2n) is 4.68. The van der Waals surface area contributed by atoms with Crippen LogP contribution in [0.4, 0.5) is 0 Å². The maximum atomic E-state index is 11.2. The number of carbonyl (C=O) groups is 1. The fraction of sp³-hybridized carbons (Fsp3) is 0.500. The molecule has 0 spiro atoms. The van der Waals surface area contributed by atoms with Crippen molar-refractivity contribution >= 4 is 5.91 Å². The monoisotopic (exact) mass is 249 g/mol. The number of amides is 1. The normalized spacial score (nSPS) is 16.8. The number of hydrogen-bond donors (Lipinski definition) is 1. The summed E-state index contributed by atoms with van der Waals surface area (Å²) in [6.07, 6.45) is 2.03. The number of piperidine rings is 1. The minimum atomic E-state index is 0.145. The van der Waals surface area contributed by atoms with E-state index in [0.29, 0.717) is 6.61 Å². The summed E-state index contributed by atoms with van der Waals surface area (Å²) in [7, 11) is 0. The van der Waals surface area contributed by atoms with E-state index in [9.17, 15) is 9.90 Å². The quantitative estimate of drug-likeness (QED) is 0.890. The molecule has 1 aromatic rings. The lowest BCUT2D eigenvalue weighted by molar-refractivity contribution is -0.131. The lowest BCUT2D eigenvalue weighted by Gasteiger charge is -2.31. The third-order valence-electron chi connectivity index (χ3n) is 3.31. The van der Waals surface area contributed by atoms with Crippen molar-refractivity contribution in [2.75, 3.05) is 13.1 Å². The number of aromatic hydroxyl groups is 1. The number of ether oxygens (including phenoxy) is 1. The van der Waals surface area contributed by atoms with Gasteiger partial charge in [-0.2, -0.15) is 0 Å². The van der Waals surface area contributed by atoms with Gasteiger partial charge in [-0.15, -0.1) is 0 Å². The Kier molecular flexibility index (Phi) is 4.20. The summed E-state index contributed by atoms with van der Waals surface area (Å²) in [5, 5.41) is 9.18. The summed E-state index contributed by atoms with van der Waals surface area (Å²) in [6, 6.07) is 7.05. The molecule has 0 bridgehead atoms. The Morgan fingerprint density at radius 3 is 2.50 bits per heavy atom. The summed E-state index contributed by atoms with van der Waals surface area (Å²) < 4.78 is 5.82. The molecule has 4 nitrogen and oxygen atoms in total. The maximum Gasteiger partial charge on any atom is 0.219 e. The van der Waals surface area contributed by atoms with Crippen LogP contribution in [-0.2, 0) is 16.1 Å². The Morgan fingerprint density at radius 1 is 1.33 bits per heavy atom. The van der Waals surface area contributed by atoms with Crippen LogP contribution in [0.2, 0.25) is 0 Å². The van der Waals surface area contributed by atoms with E-state index in [-0.39, 0.29) is 17.8 Å². The van der Waals surface area contributed by atoms with Gasteiger partial charge in [0.05, 0.1) is 12.7 Å². The van der Waals surface area contributed by atoms with Crippen LogP contribution in [0.1, 0.15) is 25.3 Å². The van der Waals surface area contributed by atoms with Gasteiger partial charge in [-0.05, 0) is 30.5 Å². The Bertz CT molecular complexity index is 394. The first-order chi connectivity index (χ1) is 8.65. The zero-order chi connectivity index (χ0) is 13.0. The zero-order valence-electron chi connectivity index (χ0n) is 10.6. The minimum absolute atomic E-state index is 0.145. The third-order valence-corrected chi connectivity index (χ3v) is 3.31. The Balaban J connectivity index is 1.75. The molecule has 1 aliphatic heterocycles. The molecule has 4 heteroatoms. The standard InChI is InChI=1S/C14H19NO3/c1-11(16)15-8-6-14(7-9-15)18-10-12-2-4-13(17)5-3-12/h2-5,14,17H,6-10H2,1H3. The van der Waals surface area contributed by atoms with Gasteiger partial charge in [0.25, 0.3) is 0 Å². The molecule has 1 fully saturated rings. The average Bonchev–Trinajstić information content (AvgIpc) is 2.38. The summed E-state index contributed by atoms with van der Waals surface area (Å²) in [6.45, 7) is 3.74. The first-order valence-corrected chi connectivity index (χ1v) is 6.30. The number of likely N-dealkylation sites (tertiary alicyclic amines) is 1. The molecule has 0 unspecified atom stereocenters. The molecule has 18 heavy (non-hydrogen) atoms. The second-order valence-corrected chi connectivity index (χ2v) is 4.68. The summed E-state index contributed by atoms with van der Waals surface area (Å²) >= 11 is 0. The van der Waals surface area contributed by atoms with Gasteiger partial charge in [0.2, 0.25) is 5.91 Å². The highest BCUT2D eigenvalue weighted by atomic mass is 16.5. The van der Waals surface area contributed by atoms with E-state index in [4.69, 9.17) is 4.74 Å². The molecule has 1 N–H and O–H groups in total. The molecule has 0 aliphatic carbocycles. The van der Waals surface area contributed by atoms with Crippen molar-refractivity contribution in [2.45, 2.75) is 32.5 Å². The van der Waals surface area contributed by atoms with E-state index in [1.807, 2.05) is 17.0 Å². The highest BCUT2D eigenvalue weighted by molar-refractivity contribution is 5.73. The van der Waals surface area contributed by atoms with Crippen molar-refractivity contribution in [2.24, 2.45) is 0 Å². The van der Waals surface area contributed by atoms with E-state index in [1.165, 1.54) is 0 Å². The lowest BCUT2D eigenvalue weighted by Crippen LogP contribution is -2.39. The zero-order valence-corrected chi connectivity index (χ0v) is 10.6. The lowest BCUT2D eigenvalue weighted by atomic mass is 10.1. The van der Waals surface area contributed by atoms with Gasteiger partial charge in [0.15, 0.2) is 0 Å². The number of phenolic OH excluding ortho intramolecular Hbond substituents is 1. The number of carbonyl (C=O) groups excluding carboxylic acids is 1. The van der Waals surface area contributed by atoms with Crippen molar-refractivity contribution < 1.29 is 14.6 Å². The molecule has 1 aliphatic rings. The number of phenols is 1. The van der Waals surface area contributed by atoms with Crippen LogP contribution >= 0.6 is 0 Å². The molecule has 2 rings (SSSR count). The fourth-order valence-corrected chi connectivity index (χ4v) is 2.14. The van der Waals surface area contributed by atoms with Gasteiger partial charge in [-0.1, -0.05) is 12.1 Å². The number of hydrogen-bond acceptors (Lipinski definition) is 3. The molecule has 1 aromatic carbocycles. The minimum Gasteiger partial charge on any atom is -0.508 e. The van der Waals surface area contributed by atoms with E-state index >= 15 is 0 Å². The van der Waals surface area contributed by atoms with E-state index in [1.54, 1.807) is 19.1 Å². The van der Waals surface area contributed by atoms with Gasteiger partial charge in [-0.3, -0.25) is 4.79 Å². The number of nitrogens with zero attached hydrogens (tertiary/aromatic N) is 1. The molecular weight excluding hydrogens is 230 g/mol. The van der Waals surface area contributed by atoms with Crippen LogP contribution in [0.5, 0.6) is 5.75 Å². The Labute approximate surface area is 107 Å². The van der Waals surface area contributed by atoms with Crippen molar-refractivity contribution in [3.8, 4) is 5.75 Å². The topological polar surface area (TPSA) is 49.8 Å². The highest BCUT2D eigenvalue weighted by Crippen LogP contribution is 2.17. The molecule has 0 saturated carbocycles. The second kappa shape index (κ2) is 5.87. The summed E-state index contributed by atoms with van der Waals surface area (Å²) in [4.78, 5) is 13.0. The summed E-state index contributed by atoms with van der Waals surface area (Å²) in [5.41, 5.74) is 1.06. The van der Waals surface area contributed by atoms with Gasteiger partial charge in [0, 0.05) is 20.0 Å². The molecular formula is C14H19NO3. The third kappa shape index (κ3) is 3.47. The molecule has 0 aromatic heterocycles. The smallest absolute Gasteiger partial charge is 0.219 e. The van der Waals surface area contributed by atoms with Gasteiger partial charge in [-0.25, -0.2) is 0 Å². The highest BCUT2D eigenvalue weighted by Gasteiger charge is 2.20. The van der Waals surface area contributed by atoms with Crippen molar-refractivity contribution in [3.05, 3.63) is 29.8 Å². The van der Waals surface area contributed by atoms with Crippen molar-refractivity contribution in [1.29, 1.82) is 0 Å². The van der Waals surface area contributed by atoms with Crippen LogP contribution in [0.3, 0.4) is 0 Å². The van der Waals surface area contributed by atoms with Crippen molar-refractivity contribution in [3.63, 3.8) is 0 Å². The SMILES string of the molecule is CC(=O)N1CCC(OCc2ccc(O)cc2)CC1. The van der Waals surface area contributed by atoms with Crippen LogP contribution in [0, 0.1) is 0 Å². The van der Waals surface area contributed by atoms with Crippen LogP contribution < -0.4 is 0 Å².